The second-order valence-corrected chi connectivity index (χ2v) is 6.67. The molecule has 0 saturated heterocycles. The normalized spacial score (nSPS) is 11.1. The molecule has 3 heterocycles. The molecule has 0 fully saturated rings. The van der Waals surface area contributed by atoms with Gasteiger partial charge < -0.3 is 9.42 Å². The molecule has 0 aliphatic heterocycles. The zero-order valence-electron chi connectivity index (χ0n) is 15.6. The third-order valence-electron chi connectivity index (χ3n) is 4.54. The van der Waals surface area contributed by atoms with Crippen molar-refractivity contribution in [3.8, 4) is 22.4 Å². The Hall–Kier alpha value is -3.48. The van der Waals surface area contributed by atoms with Crippen LogP contribution in [-0.4, -0.2) is 45.2 Å². The molecule has 1 aromatic carbocycles. The van der Waals surface area contributed by atoms with Crippen LogP contribution in [0.5, 0.6) is 0 Å². The number of nitrogens with zero attached hydrogens (tertiary/aromatic N) is 4. The predicted octanol–water partition coefficient (Wildman–Crippen LogP) is 3.60. The summed E-state index contributed by atoms with van der Waals surface area (Å²) in [5.74, 6) is 0.688. The zero-order valence-corrected chi connectivity index (χ0v) is 15.6. The molecule has 0 bridgehead atoms. The van der Waals surface area contributed by atoms with Crippen molar-refractivity contribution >= 4 is 16.9 Å². The summed E-state index contributed by atoms with van der Waals surface area (Å²) in [6, 6.07) is 9.55. The molecule has 0 radical (unpaired) electrons. The third kappa shape index (κ3) is 2.87. The van der Waals surface area contributed by atoms with E-state index in [4.69, 9.17) is 4.52 Å². The third-order valence-corrected chi connectivity index (χ3v) is 4.54. The van der Waals surface area contributed by atoms with Crippen LogP contribution in [0.4, 0.5) is 0 Å². The van der Waals surface area contributed by atoms with E-state index in [9.17, 15) is 4.79 Å². The Morgan fingerprint density at radius 3 is 2.67 bits per heavy atom. The monoisotopic (exact) mass is 361 g/mol. The maximum absolute atomic E-state index is 12.3. The SMILES string of the molecule is Cc1noc(C)c1-c1[nH]nc2ncc(-c3cccc(C(=O)N(C)C)c3)cc12. The highest BCUT2D eigenvalue weighted by molar-refractivity contribution is 5.97. The molecule has 0 aliphatic carbocycles. The van der Waals surface area contributed by atoms with E-state index in [2.05, 4.69) is 20.3 Å². The van der Waals surface area contributed by atoms with Crippen molar-refractivity contribution in [1.82, 2.24) is 25.2 Å². The number of aromatic amines is 1. The molecule has 136 valence electrons. The van der Waals surface area contributed by atoms with Gasteiger partial charge in [-0.25, -0.2) is 4.98 Å². The Bertz CT molecular complexity index is 1140. The summed E-state index contributed by atoms with van der Waals surface area (Å²) in [4.78, 5) is 18.3. The number of hydrogen-bond donors (Lipinski definition) is 1. The number of aromatic nitrogens is 4. The summed E-state index contributed by atoms with van der Waals surface area (Å²) in [6.45, 7) is 3.77. The van der Waals surface area contributed by atoms with Crippen molar-refractivity contribution in [2.75, 3.05) is 14.1 Å². The van der Waals surface area contributed by atoms with Crippen LogP contribution in [0, 0.1) is 13.8 Å². The molecular formula is C20H19N5O2. The van der Waals surface area contributed by atoms with Gasteiger partial charge >= 0.3 is 0 Å². The van der Waals surface area contributed by atoms with Gasteiger partial charge in [0, 0.05) is 36.8 Å². The number of benzene rings is 1. The van der Waals surface area contributed by atoms with Crippen molar-refractivity contribution < 1.29 is 9.32 Å². The van der Waals surface area contributed by atoms with Crippen molar-refractivity contribution in [1.29, 1.82) is 0 Å². The minimum Gasteiger partial charge on any atom is -0.361 e. The first kappa shape index (κ1) is 17.0. The summed E-state index contributed by atoms with van der Waals surface area (Å²) >= 11 is 0. The Kier molecular flexibility index (Phi) is 3.99. The predicted molar refractivity (Wildman–Crippen MR) is 102 cm³/mol. The van der Waals surface area contributed by atoms with Gasteiger partial charge in [0.05, 0.1) is 17.0 Å². The molecule has 0 aliphatic rings. The average Bonchev–Trinajstić information content (AvgIpc) is 3.23. The molecule has 1 amide bonds. The number of pyridine rings is 1. The molecule has 0 spiro atoms. The number of nitrogens with one attached hydrogen (secondary N) is 1. The number of carbonyl (C=O) groups excluding carboxylic acids is 1. The van der Waals surface area contributed by atoms with E-state index in [1.54, 1.807) is 25.2 Å². The molecule has 3 aromatic heterocycles. The summed E-state index contributed by atoms with van der Waals surface area (Å²) in [5.41, 5.74) is 5.60. The highest BCUT2D eigenvalue weighted by Gasteiger charge is 2.18. The van der Waals surface area contributed by atoms with Gasteiger partial charge in [0.1, 0.15) is 5.76 Å². The summed E-state index contributed by atoms with van der Waals surface area (Å²) < 4.78 is 5.29. The number of amides is 1. The quantitative estimate of drug-likeness (QED) is 0.602. The topological polar surface area (TPSA) is 87.9 Å². The van der Waals surface area contributed by atoms with E-state index < -0.39 is 0 Å². The highest BCUT2D eigenvalue weighted by Crippen LogP contribution is 2.32. The van der Waals surface area contributed by atoms with Crippen LogP contribution in [0.3, 0.4) is 0 Å². The van der Waals surface area contributed by atoms with Crippen molar-refractivity contribution in [3.63, 3.8) is 0 Å². The van der Waals surface area contributed by atoms with Crippen LogP contribution < -0.4 is 0 Å². The van der Waals surface area contributed by atoms with E-state index in [0.29, 0.717) is 11.2 Å². The lowest BCUT2D eigenvalue weighted by molar-refractivity contribution is 0.0827. The van der Waals surface area contributed by atoms with Gasteiger partial charge in [0.25, 0.3) is 5.91 Å². The summed E-state index contributed by atoms with van der Waals surface area (Å²) in [7, 11) is 3.48. The standard InChI is InChI=1S/C20H19N5O2/c1-11-17(12(2)27-24-11)18-16-9-15(10-21-19(16)23-22-18)13-6-5-7-14(8-13)20(26)25(3)4/h5-10H,1-4H3,(H,21,22,23). The molecular weight excluding hydrogens is 342 g/mol. The number of rotatable bonds is 3. The number of hydrogen-bond acceptors (Lipinski definition) is 5. The second kappa shape index (κ2) is 6.35. The van der Waals surface area contributed by atoms with Gasteiger partial charge in [-0.1, -0.05) is 17.3 Å². The van der Waals surface area contributed by atoms with E-state index in [0.717, 1.165) is 39.2 Å². The van der Waals surface area contributed by atoms with Crippen LogP contribution in [0.25, 0.3) is 33.4 Å². The van der Waals surface area contributed by atoms with Crippen LogP contribution >= 0.6 is 0 Å². The Labute approximate surface area is 156 Å². The molecule has 4 aromatic rings. The molecule has 1 N–H and O–H groups in total. The summed E-state index contributed by atoms with van der Waals surface area (Å²) in [5, 5.41) is 12.2. The minimum absolute atomic E-state index is 0.0365. The fourth-order valence-corrected chi connectivity index (χ4v) is 3.18. The Morgan fingerprint density at radius 2 is 1.96 bits per heavy atom. The minimum atomic E-state index is -0.0365. The molecule has 0 atom stereocenters. The van der Waals surface area contributed by atoms with E-state index >= 15 is 0 Å². The van der Waals surface area contributed by atoms with Crippen LogP contribution in [0.15, 0.2) is 41.1 Å². The fourth-order valence-electron chi connectivity index (χ4n) is 3.18. The first-order valence-corrected chi connectivity index (χ1v) is 8.55. The van der Waals surface area contributed by atoms with Crippen molar-refractivity contribution in [2.45, 2.75) is 13.8 Å². The molecule has 0 saturated carbocycles. The zero-order chi connectivity index (χ0) is 19.1. The Balaban J connectivity index is 1.84. The lowest BCUT2D eigenvalue weighted by Crippen LogP contribution is -2.21. The summed E-state index contributed by atoms with van der Waals surface area (Å²) in [6.07, 6.45) is 1.76. The van der Waals surface area contributed by atoms with E-state index in [-0.39, 0.29) is 5.91 Å². The van der Waals surface area contributed by atoms with Crippen LogP contribution in [0.2, 0.25) is 0 Å². The van der Waals surface area contributed by atoms with Crippen molar-refractivity contribution in [2.24, 2.45) is 0 Å². The van der Waals surface area contributed by atoms with Crippen LogP contribution in [-0.2, 0) is 0 Å². The number of carbonyl (C=O) groups is 1. The van der Waals surface area contributed by atoms with Gasteiger partial charge in [0.2, 0.25) is 0 Å². The fraction of sp³-hybridized carbons (Fsp3) is 0.200. The van der Waals surface area contributed by atoms with Gasteiger partial charge in [-0.15, -0.1) is 0 Å². The van der Waals surface area contributed by atoms with Crippen LogP contribution in [0.1, 0.15) is 21.8 Å². The molecule has 7 heteroatoms. The highest BCUT2D eigenvalue weighted by atomic mass is 16.5. The van der Waals surface area contributed by atoms with Gasteiger partial charge in [0.15, 0.2) is 5.65 Å². The molecule has 27 heavy (non-hydrogen) atoms. The smallest absolute Gasteiger partial charge is 0.253 e. The maximum atomic E-state index is 12.3. The average molecular weight is 361 g/mol. The molecule has 0 unspecified atom stereocenters. The number of fused-ring (bicyclic) bond motifs is 1. The van der Waals surface area contributed by atoms with E-state index in [1.807, 2.05) is 44.2 Å². The maximum Gasteiger partial charge on any atom is 0.253 e. The second-order valence-electron chi connectivity index (χ2n) is 6.67. The van der Waals surface area contributed by atoms with Crippen molar-refractivity contribution in [3.05, 3.63) is 53.5 Å². The first-order chi connectivity index (χ1) is 13.0. The lowest BCUT2D eigenvalue weighted by Gasteiger charge is -2.11. The van der Waals surface area contributed by atoms with Gasteiger partial charge in [-0.3, -0.25) is 9.89 Å². The van der Waals surface area contributed by atoms with E-state index in [1.165, 1.54) is 0 Å². The van der Waals surface area contributed by atoms with Gasteiger partial charge in [-0.05, 0) is 37.6 Å². The first-order valence-electron chi connectivity index (χ1n) is 8.55. The van der Waals surface area contributed by atoms with Gasteiger partial charge in [-0.2, -0.15) is 5.10 Å². The lowest BCUT2D eigenvalue weighted by atomic mass is 10.0. The molecule has 4 rings (SSSR count). The largest absolute Gasteiger partial charge is 0.361 e. The Morgan fingerprint density at radius 1 is 1.15 bits per heavy atom. The number of aryl methyl sites for hydroxylation is 2. The number of H-pyrrole nitrogens is 1. The molecule has 7 nitrogen and oxygen atoms in total.